The van der Waals surface area contributed by atoms with Gasteiger partial charge in [0, 0.05) is 23.4 Å². The number of piperidine rings is 1. The van der Waals surface area contributed by atoms with Crippen molar-refractivity contribution in [2.24, 2.45) is 0 Å². The van der Waals surface area contributed by atoms with Gasteiger partial charge in [-0.15, -0.1) is 0 Å². The van der Waals surface area contributed by atoms with Crippen molar-refractivity contribution in [1.82, 2.24) is 20.6 Å². The maximum atomic E-state index is 6.16. The zero-order valence-electron chi connectivity index (χ0n) is 14.3. The van der Waals surface area contributed by atoms with Crippen LogP contribution in [0, 0.1) is 0 Å². The fraction of sp³-hybridized carbons (Fsp3) is 0.579. The normalized spacial score (nSPS) is 23.5. The number of nitrogens with zero attached hydrogens (tertiary/aromatic N) is 2. The number of ether oxygens (including phenoxy) is 1. The monoisotopic (exact) mass is 326 g/mol. The molecule has 1 aromatic heterocycles. The highest BCUT2D eigenvalue weighted by molar-refractivity contribution is 5.82. The molecular formula is C19H26N4O. The third kappa shape index (κ3) is 3.23. The quantitative estimate of drug-likeness (QED) is 0.904. The van der Waals surface area contributed by atoms with E-state index in [2.05, 4.69) is 45.7 Å². The molecule has 2 aromatic rings. The van der Waals surface area contributed by atoms with Gasteiger partial charge in [-0.05, 0) is 64.4 Å². The van der Waals surface area contributed by atoms with E-state index in [1.807, 2.05) is 0 Å². The summed E-state index contributed by atoms with van der Waals surface area (Å²) in [7, 11) is 0. The summed E-state index contributed by atoms with van der Waals surface area (Å²) in [6.07, 6.45) is 6.60. The van der Waals surface area contributed by atoms with Gasteiger partial charge in [0.15, 0.2) is 0 Å². The Labute approximate surface area is 143 Å². The molecule has 0 radical (unpaired) electrons. The zero-order chi connectivity index (χ0) is 16.4. The Bertz CT molecular complexity index is 693. The molecule has 2 atom stereocenters. The lowest BCUT2D eigenvalue weighted by Gasteiger charge is -2.23. The number of nitrogens with one attached hydrogen (secondary N) is 2. The fourth-order valence-electron chi connectivity index (χ4n) is 3.96. The van der Waals surface area contributed by atoms with Gasteiger partial charge in [-0.3, -0.25) is 0 Å². The average Bonchev–Trinajstić information content (AvgIpc) is 3.16. The van der Waals surface area contributed by atoms with Crippen LogP contribution in [0.3, 0.4) is 0 Å². The van der Waals surface area contributed by atoms with Crippen molar-refractivity contribution in [3.63, 3.8) is 0 Å². The molecule has 2 N–H and O–H groups in total. The minimum Gasteiger partial charge on any atom is -0.489 e. The van der Waals surface area contributed by atoms with E-state index < -0.39 is 0 Å². The van der Waals surface area contributed by atoms with Crippen LogP contribution in [0.2, 0.25) is 0 Å². The SMILES string of the molecule is CC(Oc1ccc2c(C3CCNCC3)ncnc2c1)C1CCCN1. The molecule has 1 aromatic carbocycles. The summed E-state index contributed by atoms with van der Waals surface area (Å²) < 4.78 is 6.16. The highest BCUT2D eigenvalue weighted by atomic mass is 16.5. The van der Waals surface area contributed by atoms with Crippen LogP contribution in [-0.2, 0) is 0 Å². The number of rotatable bonds is 4. The summed E-state index contributed by atoms with van der Waals surface area (Å²) in [6, 6.07) is 6.72. The van der Waals surface area contributed by atoms with E-state index in [4.69, 9.17) is 4.74 Å². The van der Waals surface area contributed by atoms with Crippen molar-refractivity contribution in [1.29, 1.82) is 0 Å². The van der Waals surface area contributed by atoms with E-state index in [1.54, 1.807) is 6.33 Å². The van der Waals surface area contributed by atoms with Crippen molar-refractivity contribution < 1.29 is 4.74 Å². The van der Waals surface area contributed by atoms with E-state index >= 15 is 0 Å². The Morgan fingerprint density at radius 2 is 2.00 bits per heavy atom. The minimum absolute atomic E-state index is 0.177. The molecule has 24 heavy (non-hydrogen) atoms. The molecule has 2 fully saturated rings. The smallest absolute Gasteiger partial charge is 0.121 e. The lowest BCUT2D eigenvalue weighted by atomic mass is 9.92. The minimum atomic E-state index is 0.177. The van der Waals surface area contributed by atoms with Crippen molar-refractivity contribution in [3.05, 3.63) is 30.2 Å². The Balaban J connectivity index is 1.56. The maximum Gasteiger partial charge on any atom is 0.121 e. The summed E-state index contributed by atoms with van der Waals surface area (Å²) in [5, 5.41) is 8.10. The highest BCUT2D eigenvalue weighted by Crippen LogP contribution is 2.30. The predicted octanol–water partition coefficient (Wildman–Crippen LogP) is 2.62. The van der Waals surface area contributed by atoms with Crippen LogP contribution in [0.4, 0.5) is 0 Å². The second kappa shape index (κ2) is 7.03. The van der Waals surface area contributed by atoms with Crippen LogP contribution in [0.1, 0.15) is 44.2 Å². The van der Waals surface area contributed by atoms with Crippen LogP contribution in [0.25, 0.3) is 10.9 Å². The maximum absolute atomic E-state index is 6.16. The van der Waals surface area contributed by atoms with Crippen molar-refractivity contribution >= 4 is 10.9 Å². The van der Waals surface area contributed by atoms with Gasteiger partial charge >= 0.3 is 0 Å². The summed E-state index contributed by atoms with van der Waals surface area (Å²) in [5.41, 5.74) is 2.18. The van der Waals surface area contributed by atoms with Gasteiger partial charge in [0.2, 0.25) is 0 Å². The first-order valence-corrected chi connectivity index (χ1v) is 9.16. The van der Waals surface area contributed by atoms with Gasteiger partial charge in [-0.2, -0.15) is 0 Å². The first kappa shape index (κ1) is 15.8. The lowest BCUT2D eigenvalue weighted by Crippen LogP contribution is -2.36. The molecule has 5 nitrogen and oxygen atoms in total. The first-order chi connectivity index (χ1) is 11.8. The van der Waals surface area contributed by atoms with Gasteiger partial charge in [-0.1, -0.05) is 0 Å². The Hall–Kier alpha value is -1.72. The molecule has 0 aliphatic carbocycles. The van der Waals surface area contributed by atoms with Crippen LogP contribution >= 0.6 is 0 Å². The fourth-order valence-corrected chi connectivity index (χ4v) is 3.96. The molecular weight excluding hydrogens is 300 g/mol. The van der Waals surface area contributed by atoms with E-state index in [-0.39, 0.29) is 6.10 Å². The number of hydrogen-bond acceptors (Lipinski definition) is 5. The first-order valence-electron chi connectivity index (χ1n) is 9.16. The molecule has 2 aliphatic heterocycles. The summed E-state index contributed by atoms with van der Waals surface area (Å²) in [4.78, 5) is 9.07. The zero-order valence-corrected chi connectivity index (χ0v) is 14.3. The number of aromatic nitrogens is 2. The molecule has 0 spiro atoms. The van der Waals surface area contributed by atoms with E-state index in [0.29, 0.717) is 12.0 Å². The molecule has 5 heteroatoms. The van der Waals surface area contributed by atoms with E-state index in [9.17, 15) is 0 Å². The van der Waals surface area contributed by atoms with E-state index in [0.717, 1.165) is 43.7 Å². The van der Waals surface area contributed by atoms with Crippen LogP contribution in [0.5, 0.6) is 5.75 Å². The molecule has 0 amide bonds. The second-order valence-corrected chi connectivity index (χ2v) is 6.99. The van der Waals surface area contributed by atoms with Gasteiger partial charge in [0.25, 0.3) is 0 Å². The number of benzene rings is 1. The Kier molecular flexibility index (Phi) is 4.63. The Morgan fingerprint density at radius 3 is 2.79 bits per heavy atom. The molecule has 3 heterocycles. The van der Waals surface area contributed by atoms with Crippen molar-refractivity contribution in [2.75, 3.05) is 19.6 Å². The van der Waals surface area contributed by atoms with Crippen LogP contribution < -0.4 is 15.4 Å². The highest BCUT2D eigenvalue weighted by Gasteiger charge is 2.23. The van der Waals surface area contributed by atoms with Crippen molar-refractivity contribution in [3.8, 4) is 5.75 Å². The largest absolute Gasteiger partial charge is 0.489 e. The molecule has 2 saturated heterocycles. The molecule has 0 bridgehead atoms. The standard InChI is InChI=1S/C19H26N4O/c1-13(17-3-2-8-21-17)24-15-4-5-16-18(11-15)22-12-23-19(16)14-6-9-20-10-7-14/h4-5,11-14,17,20-21H,2-3,6-10H2,1H3. The van der Waals surface area contributed by atoms with E-state index in [1.165, 1.54) is 23.9 Å². The van der Waals surface area contributed by atoms with Crippen molar-refractivity contribution in [2.45, 2.75) is 50.7 Å². The predicted molar refractivity (Wildman–Crippen MR) is 95.5 cm³/mol. The van der Waals surface area contributed by atoms with Gasteiger partial charge in [-0.25, -0.2) is 9.97 Å². The molecule has 2 aliphatic rings. The van der Waals surface area contributed by atoms with Gasteiger partial charge < -0.3 is 15.4 Å². The van der Waals surface area contributed by atoms with Gasteiger partial charge in [0.05, 0.1) is 11.2 Å². The number of hydrogen-bond donors (Lipinski definition) is 2. The molecule has 4 rings (SSSR count). The van der Waals surface area contributed by atoms with Gasteiger partial charge in [0.1, 0.15) is 18.2 Å². The number of fused-ring (bicyclic) bond motifs is 1. The summed E-state index contributed by atoms with van der Waals surface area (Å²) in [5.74, 6) is 1.43. The molecule has 2 unspecified atom stereocenters. The second-order valence-electron chi connectivity index (χ2n) is 6.99. The lowest BCUT2D eigenvalue weighted by molar-refractivity contribution is 0.180. The molecule has 128 valence electrons. The topological polar surface area (TPSA) is 59.1 Å². The third-order valence-corrected chi connectivity index (χ3v) is 5.35. The summed E-state index contributed by atoms with van der Waals surface area (Å²) in [6.45, 7) is 5.39. The Morgan fingerprint density at radius 1 is 1.12 bits per heavy atom. The average molecular weight is 326 g/mol. The van der Waals surface area contributed by atoms with Crippen LogP contribution in [0.15, 0.2) is 24.5 Å². The molecule has 0 saturated carbocycles. The third-order valence-electron chi connectivity index (χ3n) is 5.35. The van der Waals surface area contributed by atoms with Crippen LogP contribution in [-0.4, -0.2) is 41.7 Å². The summed E-state index contributed by atoms with van der Waals surface area (Å²) >= 11 is 0.